The van der Waals surface area contributed by atoms with E-state index in [-0.39, 0.29) is 5.91 Å². The second kappa shape index (κ2) is 7.92. The van der Waals surface area contributed by atoms with Gasteiger partial charge in [-0.2, -0.15) is 0 Å². The van der Waals surface area contributed by atoms with Crippen molar-refractivity contribution in [2.45, 2.75) is 19.8 Å². The molecule has 24 heavy (non-hydrogen) atoms. The number of hydrogen-bond donors (Lipinski definition) is 1. The molecule has 1 aliphatic rings. The van der Waals surface area contributed by atoms with E-state index in [1.165, 1.54) is 11.8 Å². The fourth-order valence-electron chi connectivity index (χ4n) is 2.71. The number of benzene rings is 1. The highest BCUT2D eigenvalue weighted by molar-refractivity contribution is 7.15. The van der Waals surface area contributed by atoms with Crippen molar-refractivity contribution in [2.75, 3.05) is 25.0 Å². The molecule has 0 saturated heterocycles. The Morgan fingerprint density at radius 3 is 2.83 bits per heavy atom. The van der Waals surface area contributed by atoms with Gasteiger partial charge in [0.25, 0.3) is 0 Å². The molecule has 0 fully saturated rings. The number of hydrogen-bond acceptors (Lipinski definition) is 4. The largest absolute Gasteiger partial charge is 0.302 e. The van der Waals surface area contributed by atoms with E-state index in [1.54, 1.807) is 11.3 Å². The Balaban J connectivity index is 1.54. The molecule has 4 nitrogen and oxygen atoms in total. The van der Waals surface area contributed by atoms with Crippen molar-refractivity contribution < 1.29 is 4.79 Å². The van der Waals surface area contributed by atoms with Crippen molar-refractivity contribution >= 4 is 40.1 Å². The number of fused-ring (bicyclic) bond motifs is 1. The number of carbonyl (C=O) groups excluding carboxylic acids is 1. The number of amides is 1. The standard InChI is InChI=1S/C18H20ClN3OS/c1-13(23)20-18-21-16-8-11-22(12-9-17(16)24-18)10-2-3-14-4-6-15(19)7-5-14/h2-7H,8-12H2,1H3,(H,20,21,23). The molecule has 2 heterocycles. The van der Waals surface area contributed by atoms with Crippen LogP contribution in [0.4, 0.5) is 5.13 Å². The van der Waals surface area contributed by atoms with Crippen molar-refractivity contribution in [1.82, 2.24) is 9.88 Å². The van der Waals surface area contributed by atoms with E-state index in [4.69, 9.17) is 11.6 Å². The Hall–Kier alpha value is -1.69. The number of nitrogens with zero attached hydrogens (tertiary/aromatic N) is 2. The van der Waals surface area contributed by atoms with Gasteiger partial charge in [0.15, 0.2) is 5.13 Å². The van der Waals surface area contributed by atoms with Crippen molar-refractivity contribution in [3.05, 3.63) is 51.5 Å². The average Bonchev–Trinajstić information content (AvgIpc) is 2.82. The highest BCUT2D eigenvalue weighted by Gasteiger charge is 2.17. The summed E-state index contributed by atoms with van der Waals surface area (Å²) in [6.45, 7) is 4.44. The van der Waals surface area contributed by atoms with Gasteiger partial charge in [0.1, 0.15) is 0 Å². The first-order valence-corrected chi connectivity index (χ1v) is 9.20. The Morgan fingerprint density at radius 1 is 1.33 bits per heavy atom. The summed E-state index contributed by atoms with van der Waals surface area (Å²) in [5, 5.41) is 4.27. The third-order valence-electron chi connectivity index (χ3n) is 3.93. The maximum Gasteiger partial charge on any atom is 0.223 e. The number of rotatable bonds is 4. The third kappa shape index (κ3) is 4.66. The van der Waals surface area contributed by atoms with Gasteiger partial charge in [-0.15, -0.1) is 11.3 Å². The molecule has 0 atom stereocenters. The quantitative estimate of drug-likeness (QED) is 0.899. The first-order valence-electron chi connectivity index (χ1n) is 8.01. The van der Waals surface area contributed by atoms with E-state index in [1.807, 2.05) is 24.3 Å². The van der Waals surface area contributed by atoms with E-state index in [2.05, 4.69) is 27.4 Å². The molecular weight excluding hydrogens is 342 g/mol. The predicted octanol–water partition coefficient (Wildman–Crippen LogP) is 3.87. The molecule has 1 aromatic heterocycles. The van der Waals surface area contributed by atoms with Crippen LogP contribution in [0.3, 0.4) is 0 Å². The van der Waals surface area contributed by atoms with Crippen molar-refractivity contribution in [3.8, 4) is 0 Å². The fourth-order valence-corrected chi connectivity index (χ4v) is 3.88. The summed E-state index contributed by atoms with van der Waals surface area (Å²) < 4.78 is 0. The van der Waals surface area contributed by atoms with Crippen molar-refractivity contribution in [2.24, 2.45) is 0 Å². The molecule has 1 N–H and O–H groups in total. The summed E-state index contributed by atoms with van der Waals surface area (Å²) in [5.41, 5.74) is 2.29. The molecule has 6 heteroatoms. The van der Waals surface area contributed by atoms with Gasteiger partial charge in [-0.3, -0.25) is 9.69 Å². The Bertz CT molecular complexity index is 714. The van der Waals surface area contributed by atoms with Gasteiger partial charge >= 0.3 is 0 Å². The summed E-state index contributed by atoms with van der Waals surface area (Å²) in [4.78, 5) is 19.4. The van der Waals surface area contributed by atoms with Crippen LogP contribution < -0.4 is 5.32 Å². The van der Waals surface area contributed by atoms with E-state index in [0.29, 0.717) is 0 Å². The van der Waals surface area contributed by atoms with Crippen LogP contribution in [-0.2, 0) is 17.6 Å². The van der Waals surface area contributed by atoms with Gasteiger partial charge in [-0.05, 0) is 24.1 Å². The number of halogens is 1. The van der Waals surface area contributed by atoms with E-state index in [9.17, 15) is 4.79 Å². The van der Waals surface area contributed by atoms with Gasteiger partial charge in [0.2, 0.25) is 5.91 Å². The first-order chi connectivity index (χ1) is 11.6. The van der Waals surface area contributed by atoms with Crippen LogP contribution in [-0.4, -0.2) is 35.4 Å². The predicted molar refractivity (Wildman–Crippen MR) is 101 cm³/mol. The monoisotopic (exact) mass is 361 g/mol. The maximum atomic E-state index is 11.1. The lowest BCUT2D eigenvalue weighted by molar-refractivity contribution is -0.114. The molecule has 0 bridgehead atoms. The summed E-state index contributed by atoms with van der Waals surface area (Å²) in [7, 11) is 0. The molecule has 1 aliphatic heterocycles. The Kier molecular flexibility index (Phi) is 5.66. The topological polar surface area (TPSA) is 45.2 Å². The summed E-state index contributed by atoms with van der Waals surface area (Å²) >= 11 is 7.50. The number of anilines is 1. The number of thiazole rings is 1. The molecule has 0 spiro atoms. The molecular formula is C18H20ClN3OS. The molecule has 2 aromatic rings. The number of nitrogens with one attached hydrogen (secondary N) is 1. The highest BCUT2D eigenvalue weighted by atomic mass is 35.5. The number of carbonyl (C=O) groups is 1. The van der Waals surface area contributed by atoms with Gasteiger partial charge in [0, 0.05) is 42.9 Å². The second-order valence-corrected chi connectivity index (χ2v) is 7.34. The molecule has 0 radical (unpaired) electrons. The van der Waals surface area contributed by atoms with E-state index >= 15 is 0 Å². The van der Waals surface area contributed by atoms with Crippen LogP contribution in [0.15, 0.2) is 30.3 Å². The van der Waals surface area contributed by atoms with Crippen LogP contribution >= 0.6 is 22.9 Å². The fraction of sp³-hybridized carbons (Fsp3) is 0.333. The minimum Gasteiger partial charge on any atom is -0.302 e. The van der Waals surface area contributed by atoms with E-state index < -0.39 is 0 Å². The first kappa shape index (κ1) is 17.1. The Morgan fingerprint density at radius 2 is 2.08 bits per heavy atom. The summed E-state index contributed by atoms with van der Waals surface area (Å²) in [6, 6.07) is 7.85. The molecule has 126 valence electrons. The van der Waals surface area contributed by atoms with Crippen LogP contribution in [0, 0.1) is 0 Å². The lowest BCUT2D eigenvalue weighted by atomic mass is 10.2. The molecule has 1 aromatic carbocycles. The smallest absolute Gasteiger partial charge is 0.223 e. The van der Waals surface area contributed by atoms with Crippen LogP contribution in [0.25, 0.3) is 6.08 Å². The minimum absolute atomic E-state index is 0.0622. The normalized spacial score (nSPS) is 15.2. The molecule has 0 unspecified atom stereocenters. The zero-order valence-corrected chi connectivity index (χ0v) is 15.2. The van der Waals surface area contributed by atoms with Gasteiger partial charge in [-0.1, -0.05) is 35.9 Å². The molecule has 1 amide bonds. The Labute approximate surface area is 151 Å². The third-order valence-corrected chi connectivity index (χ3v) is 5.25. The molecule has 0 aliphatic carbocycles. The summed E-state index contributed by atoms with van der Waals surface area (Å²) in [6.07, 6.45) is 6.24. The summed E-state index contributed by atoms with van der Waals surface area (Å²) in [5.74, 6) is -0.0622. The second-order valence-electron chi connectivity index (χ2n) is 5.82. The van der Waals surface area contributed by atoms with E-state index in [0.717, 1.165) is 53.9 Å². The maximum absolute atomic E-state index is 11.1. The van der Waals surface area contributed by atoms with Crippen LogP contribution in [0.1, 0.15) is 23.1 Å². The lowest BCUT2D eigenvalue weighted by Gasteiger charge is -2.17. The van der Waals surface area contributed by atoms with Crippen molar-refractivity contribution in [3.63, 3.8) is 0 Å². The zero-order chi connectivity index (χ0) is 16.9. The van der Waals surface area contributed by atoms with Gasteiger partial charge in [0.05, 0.1) is 5.69 Å². The minimum atomic E-state index is -0.0622. The highest BCUT2D eigenvalue weighted by Crippen LogP contribution is 2.26. The van der Waals surface area contributed by atoms with Crippen molar-refractivity contribution in [1.29, 1.82) is 0 Å². The molecule has 3 rings (SSSR count). The average molecular weight is 362 g/mol. The SMILES string of the molecule is CC(=O)Nc1nc2c(s1)CCN(CC=Cc1ccc(Cl)cc1)CC2. The zero-order valence-electron chi connectivity index (χ0n) is 13.6. The van der Waals surface area contributed by atoms with Crippen LogP contribution in [0.5, 0.6) is 0 Å². The number of aromatic nitrogens is 1. The van der Waals surface area contributed by atoms with Crippen LogP contribution in [0.2, 0.25) is 5.02 Å². The van der Waals surface area contributed by atoms with Gasteiger partial charge < -0.3 is 5.32 Å². The van der Waals surface area contributed by atoms with Gasteiger partial charge in [-0.25, -0.2) is 4.98 Å². The lowest BCUT2D eigenvalue weighted by Crippen LogP contribution is -2.26. The molecule has 0 saturated carbocycles.